The van der Waals surface area contributed by atoms with Crippen molar-refractivity contribution in [3.63, 3.8) is 0 Å². The zero-order valence-electron chi connectivity index (χ0n) is 7.74. The van der Waals surface area contributed by atoms with Crippen LogP contribution in [-0.4, -0.2) is 21.5 Å². The highest BCUT2D eigenvalue weighted by Crippen LogP contribution is 2.06. The molecule has 0 unspecified atom stereocenters. The molecule has 0 aromatic carbocycles. The molecule has 1 heterocycles. The smallest absolute Gasteiger partial charge is 0.232 e. The van der Waals surface area contributed by atoms with E-state index in [-0.39, 0.29) is 11.4 Å². The topological polar surface area (TPSA) is 71.1 Å². The zero-order chi connectivity index (χ0) is 9.84. The molecule has 0 fully saturated rings. The fraction of sp³-hybridized carbons (Fsp3) is 0.500. The molecule has 0 aliphatic carbocycles. The van der Waals surface area contributed by atoms with E-state index in [1.165, 1.54) is 6.07 Å². The van der Waals surface area contributed by atoms with Gasteiger partial charge in [0.25, 0.3) is 0 Å². The number of nitrogens with one attached hydrogen (secondary N) is 1. The van der Waals surface area contributed by atoms with Crippen molar-refractivity contribution in [2.24, 2.45) is 0 Å². The Labute approximate surface area is 76.1 Å². The maximum atomic E-state index is 9.39. The van der Waals surface area contributed by atoms with Crippen molar-refractivity contribution in [1.82, 2.24) is 9.71 Å². The summed E-state index contributed by atoms with van der Waals surface area (Å²) in [6.07, 6.45) is 0.856. The Morgan fingerprint density at radius 1 is 1.69 bits per heavy atom. The molecule has 0 atom stereocenters. The van der Waals surface area contributed by atoms with Crippen LogP contribution in [0.4, 0.5) is 0 Å². The summed E-state index contributed by atoms with van der Waals surface area (Å²) >= 11 is 0. The van der Waals surface area contributed by atoms with Gasteiger partial charge in [-0.15, -0.1) is 4.73 Å². The molecule has 72 valence electrons. The summed E-state index contributed by atoms with van der Waals surface area (Å²) in [6.45, 7) is 4.09. The van der Waals surface area contributed by atoms with Gasteiger partial charge in [0.2, 0.25) is 5.88 Å². The van der Waals surface area contributed by atoms with Crippen LogP contribution in [0.15, 0.2) is 6.07 Å². The summed E-state index contributed by atoms with van der Waals surface area (Å²) in [5.74, 6) is 0.609. The normalized spacial score (nSPS) is 10.0. The molecule has 0 aliphatic rings. The van der Waals surface area contributed by atoms with Crippen LogP contribution in [0, 0.1) is 12.3 Å². The predicted octanol–water partition coefficient (Wildman–Crippen LogP) is 0.697. The molecule has 0 saturated heterocycles. The second-order valence-corrected chi connectivity index (χ2v) is 2.69. The molecule has 0 saturated carbocycles. The lowest BCUT2D eigenvalue weighted by molar-refractivity contribution is 0.127. The molecule has 0 bridgehead atoms. The van der Waals surface area contributed by atoms with Gasteiger partial charge in [-0.25, -0.2) is 4.98 Å². The number of rotatable bonds is 3. The van der Waals surface area contributed by atoms with Crippen LogP contribution >= 0.6 is 0 Å². The monoisotopic (exact) mass is 183 g/mol. The van der Waals surface area contributed by atoms with E-state index in [9.17, 15) is 5.21 Å². The standard InChI is InChI=1S/C8H13N3O2/c1-3-4-13-8-5-7(9)10-6(2)11(8)12/h5,9,12H,3-4H2,1-2H3. The molecule has 2 N–H and O–H groups in total. The van der Waals surface area contributed by atoms with Gasteiger partial charge < -0.3 is 9.94 Å². The first-order valence-electron chi connectivity index (χ1n) is 4.12. The van der Waals surface area contributed by atoms with Crippen molar-refractivity contribution in [3.8, 4) is 5.88 Å². The minimum absolute atomic E-state index is 0.0916. The van der Waals surface area contributed by atoms with E-state index >= 15 is 0 Å². The SMILES string of the molecule is CCCOc1cc(=N)nc(C)n1O. The molecule has 0 spiro atoms. The summed E-state index contributed by atoms with van der Waals surface area (Å²) < 4.78 is 6.04. The Balaban J connectivity index is 2.99. The van der Waals surface area contributed by atoms with Gasteiger partial charge in [0.05, 0.1) is 6.61 Å². The first kappa shape index (κ1) is 9.57. The van der Waals surface area contributed by atoms with Gasteiger partial charge in [-0.3, -0.25) is 5.41 Å². The summed E-state index contributed by atoms with van der Waals surface area (Å²) in [5, 5.41) is 16.7. The molecule has 5 nitrogen and oxygen atoms in total. The second kappa shape index (κ2) is 3.93. The Morgan fingerprint density at radius 2 is 2.38 bits per heavy atom. The molecule has 1 aromatic rings. The number of hydrogen-bond acceptors (Lipinski definition) is 4. The predicted molar refractivity (Wildman–Crippen MR) is 45.8 cm³/mol. The average molecular weight is 183 g/mol. The van der Waals surface area contributed by atoms with Crippen LogP contribution in [0.1, 0.15) is 19.2 Å². The van der Waals surface area contributed by atoms with Gasteiger partial charge in [-0.2, -0.15) is 0 Å². The summed E-state index contributed by atoms with van der Waals surface area (Å²) in [7, 11) is 0. The van der Waals surface area contributed by atoms with E-state index in [1.807, 2.05) is 6.92 Å². The minimum Gasteiger partial charge on any atom is -0.477 e. The number of ether oxygens (including phenoxy) is 1. The lowest BCUT2D eigenvalue weighted by atomic mass is 10.5. The van der Waals surface area contributed by atoms with Gasteiger partial charge in [0, 0.05) is 6.07 Å². The van der Waals surface area contributed by atoms with Crippen molar-refractivity contribution in [3.05, 3.63) is 17.4 Å². The molecule has 0 amide bonds. The van der Waals surface area contributed by atoms with Crippen LogP contribution in [0.3, 0.4) is 0 Å². The molecule has 0 radical (unpaired) electrons. The van der Waals surface area contributed by atoms with Crippen molar-refractivity contribution in [2.75, 3.05) is 6.61 Å². The molecule has 1 aromatic heterocycles. The van der Waals surface area contributed by atoms with Crippen LogP contribution in [0.2, 0.25) is 0 Å². The van der Waals surface area contributed by atoms with E-state index in [2.05, 4.69) is 4.98 Å². The van der Waals surface area contributed by atoms with Crippen molar-refractivity contribution in [2.45, 2.75) is 20.3 Å². The highest BCUT2D eigenvalue weighted by atomic mass is 16.5. The summed E-state index contributed by atoms with van der Waals surface area (Å²) in [5.41, 5.74) is 0.0916. The Bertz CT molecular complexity index is 346. The van der Waals surface area contributed by atoms with Gasteiger partial charge in [-0.05, 0) is 13.3 Å². The van der Waals surface area contributed by atoms with Crippen LogP contribution in [-0.2, 0) is 0 Å². The van der Waals surface area contributed by atoms with Gasteiger partial charge >= 0.3 is 0 Å². The third-order valence-electron chi connectivity index (χ3n) is 1.51. The maximum Gasteiger partial charge on any atom is 0.232 e. The molecule has 0 aliphatic heterocycles. The number of nitrogens with zero attached hydrogens (tertiary/aromatic N) is 2. The van der Waals surface area contributed by atoms with Crippen molar-refractivity contribution < 1.29 is 9.94 Å². The minimum atomic E-state index is 0.0916. The molecule has 5 heteroatoms. The summed E-state index contributed by atoms with van der Waals surface area (Å²) in [4.78, 5) is 3.74. The first-order valence-corrected chi connectivity index (χ1v) is 4.12. The van der Waals surface area contributed by atoms with Crippen LogP contribution in [0.5, 0.6) is 5.88 Å². The Hall–Kier alpha value is -1.52. The summed E-state index contributed by atoms with van der Waals surface area (Å²) in [6, 6.07) is 1.38. The average Bonchev–Trinajstić information content (AvgIpc) is 2.09. The van der Waals surface area contributed by atoms with Gasteiger partial charge in [0.1, 0.15) is 5.82 Å². The Morgan fingerprint density at radius 3 is 3.00 bits per heavy atom. The first-order chi connectivity index (χ1) is 6.15. The highest BCUT2D eigenvalue weighted by Gasteiger charge is 2.03. The molecule has 1 rings (SSSR count). The van der Waals surface area contributed by atoms with E-state index in [1.54, 1.807) is 6.92 Å². The largest absolute Gasteiger partial charge is 0.477 e. The highest BCUT2D eigenvalue weighted by molar-refractivity contribution is 5.08. The molecular weight excluding hydrogens is 170 g/mol. The lowest BCUT2D eigenvalue weighted by Gasteiger charge is -2.09. The van der Waals surface area contributed by atoms with Crippen LogP contribution in [0.25, 0.3) is 0 Å². The fourth-order valence-electron chi connectivity index (χ4n) is 0.901. The number of aromatic nitrogens is 2. The molecule has 13 heavy (non-hydrogen) atoms. The number of aryl methyl sites for hydroxylation is 1. The second-order valence-electron chi connectivity index (χ2n) is 2.69. The van der Waals surface area contributed by atoms with E-state index in [0.29, 0.717) is 12.4 Å². The van der Waals surface area contributed by atoms with E-state index in [4.69, 9.17) is 10.1 Å². The lowest BCUT2D eigenvalue weighted by Crippen LogP contribution is -2.16. The van der Waals surface area contributed by atoms with Crippen LogP contribution < -0.4 is 10.2 Å². The fourth-order valence-corrected chi connectivity index (χ4v) is 0.901. The molecular formula is C8H13N3O2. The third kappa shape index (κ3) is 2.21. The number of hydrogen-bond donors (Lipinski definition) is 2. The van der Waals surface area contributed by atoms with Crippen molar-refractivity contribution in [1.29, 1.82) is 5.41 Å². The van der Waals surface area contributed by atoms with Crippen molar-refractivity contribution >= 4 is 0 Å². The van der Waals surface area contributed by atoms with E-state index < -0.39 is 0 Å². The quantitative estimate of drug-likeness (QED) is 0.677. The van der Waals surface area contributed by atoms with E-state index in [0.717, 1.165) is 11.2 Å². The third-order valence-corrected chi connectivity index (χ3v) is 1.51. The Kier molecular flexibility index (Phi) is 2.89. The maximum absolute atomic E-state index is 9.39. The van der Waals surface area contributed by atoms with Gasteiger partial charge in [-0.1, -0.05) is 6.92 Å². The zero-order valence-corrected chi connectivity index (χ0v) is 7.74. The van der Waals surface area contributed by atoms with Gasteiger partial charge in [0.15, 0.2) is 5.49 Å².